The summed E-state index contributed by atoms with van der Waals surface area (Å²) in [6.45, 7) is 8.09. The number of halogens is 1. The number of hydrogen-bond donors (Lipinski definition) is 0. The average molecular weight is 512 g/mol. The van der Waals surface area contributed by atoms with Crippen molar-refractivity contribution >= 4 is 15.9 Å². The highest BCUT2D eigenvalue weighted by molar-refractivity contribution is 7.90. The number of rotatable bonds is 5. The maximum atomic E-state index is 14.3. The van der Waals surface area contributed by atoms with Crippen molar-refractivity contribution in [2.24, 2.45) is 0 Å². The molecule has 3 unspecified atom stereocenters. The average Bonchev–Trinajstić information content (AvgIpc) is 3.21. The van der Waals surface area contributed by atoms with Gasteiger partial charge < -0.3 is 18.7 Å². The number of fused-ring (bicyclic) bond motifs is 2. The molecule has 12 heteroatoms. The second-order valence-corrected chi connectivity index (χ2v) is 12.0. The van der Waals surface area contributed by atoms with Gasteiger partial charge in [-0.1, -0.05) is 5.16 Å². The lowest BCUT2D eigenvalue weighted by Gasteiger charge is -2.48. The number of carbonyl (C=O) groups excluding carboxylic acids is 1. The molecule has 2 saturated heterocycles. The van der Waals surface area contributed by atoms with Crippen molar-refractivity contribution in [2.75, 3.05) is 19.5 Å². The van der Waals surface area contributed by atoms with Crippen molar-refractivity contribution in [3.63, 3.8) is 0 Å². The second-order valence-electron chi connectivity index (χ2n) is 9.98. The molecule has 1 aromatic carbocycles. The lowest BCUT2D eigenvalue weighted by atomic mass is 9.92. The molecule has 0 radical (unpaired) electrons. The molecule has 1 amide bonds. The maximum Gasteiger partial charge on any atom is 0.410 e. The second kappa shape index (κ2) is 9.47. The number of piperidine rings is 1. The number of hydrogen-bond acceptors (Lipinski definition) is 9. The fourth-order valence-electron chi connectivity index (χ4n) is 4.39. The van der Waals surface area contributed by atoms with Crippen LogP contribution in [-0.2, 0) is 24.0 Å². The lowest BCUT2D eigenvalue weighted by molar-refractivity contribution is -0.131. The minimum atomic E-state index is -3.68. The molecule has 3 heterocycles. The van der Waals surface area contributed by atoms with Crippen molar-refractivity contribution in [1.29, 1.82) is 0 Å². The van der Waals surface area contributed by atoms with Gasteiger partial charge in [0, 0.05) is 11.8 Å². The van der Waals surface area contributed by atoms with Gasteiger partial charge in [0.1, 0.15) is 22.4 Å². The summed E-state index contributed by atoms with van der Waals surface area (Å²) in [7, 11) is -3.68. The highest BCUT2D eigenvalue weighted by Gasteiger charge is 2.44. The summed E-state index contributed by atoms with van der Waals surface area (Å²) in [4.78, 5) is 18.4. The Hall–Kier alpha value is -2.57. The molecule has 0 spiro atoms. The maximum absolute atomic E-state index is 14.3. The Morgan fingerprint density at radius 2 is 1.89 bits per heavy atom. The van der Waals surface area contributed by atoms with E-state index < -0.39 is 32.3 Å². The third-order valence-electron chi connectivity index (χ3n) is 5.86. The van der Waals surface area contributed by atoms with Gasteiger partial charge in [-0.2, -0.15) is 4.98 Å². The van der Waals surface area contributed by atoms with E-state index in [1.54, 1.807) is 11.8 Å². The van der Waals surface area contributed by atoms with Gasteiger partial charge in [-0.15, -0.1) is 0 Å². The minimum absolute atomic E-state index is 0.124. The standard InChI is InChI=1S/C23H30FN3O7S/c1-13(21-25-20(26-34-21)14-6-7-19(18(24)8-14)35(5,29)30)32-17-9-15-11-31-12-16(10-17)27(15)22(28)33-23(2,3)4/h6-8,13,15-17H,9-12H2,1-5H3. The van der Waals surface area contributed by atoms with Crippen LogP contribution in [0.15, 0.2) is 27.6 Å². The number of amides is 1. The molecule has 2 aliphatic rings. The lowest BCUT2D eigenvalue weighted by Crippen LogP contribution is -2.61. The molecule has 3 atom stereocenters. The van der Waals surface area contributed by atoms with Crippen LogP contribution in [0.3, 0.4) is 0 Å². The number of aromatic nitrogens is 2. The highest BCUT2D eigenvalue weighted by atomic mass is 32.2. The third kappa shape index (κ3) is 5.81. The first-order chi connectivity index (χ1) is 16.3. The summed E-state index contributed by atoms with van der Waals surface area (Å²) in [5.41, 5.74) is -0.299. The predicted octanol–water partition coefficient (Wildman–Crippen LogP) is 3.52. The molecule has 2 aromatic rings. The fourth-order valence-corrected chi connectivity index (χ4v) is 5.12. The molecular weight excluding hydrogens is 481 g/mol. The molecule has 1 aromatic heterocycles. The first-order valence-corrected chi connectivity index (χ1v) is 13.3. The summed E-state index contributed by atoms with van der Waals surface area (Å²) < 4.78 is 60.3. The van der Waals surface area contributed by atoms with E-state index in [1.165, 1.54) is 12.1 Å². The van der Waals surface area contributed by atoms with Gasteiger partial charge in [0.05, 0.1) is 31.4 Å². The molecule has 192 valence electrons. The zero-order chi connectivity index (χ0) is 25.5. The summed E-state index contributed by atoms with van der Waals surface area (Å²) in [5, 5.41) is 3.89. The van der Waals surface area contributed by atoms with Crippen LogP contribution < -0.4 is 0 Å². The Morgan fingerprint density at radius 3 is 2.46 bits per heavy atom. The van der Waals surface area contributed by atoms with E-state index in [9.17, 15) is 17.6 Å². The van der Waals surface area contributed by atoms with Crippen LogP contribution in [0.2, 0.25) is 0 Å². The van der Waals surface area contributed by atoms with Crippen LogP contribution in [0, 0.1) is 5.82 Å². The first kappa shape index (κ1) is 25.5. The third-order valence-corrected chi connectivity index (χ3v) is 6.99. The topological polar surface area (TPSA) is 121 Å². The number of benzene rings is 1. The Balaban J connectivity index is 1.42. The molecular formula is C23H30FN3O7S. The van der Waals surface area contributed by atoms with Crippen LogP contribution >= 0.6 is 0 Å². The van der Waals surface area contributed by atoms with E-state index in [4.69, 9.17) is 18.7 Å². The van der Waals surface area contributed by atoms with Crippen LogP contribution in [0.25, 0.3) is 11.4 Å². The molecule has 0 aliphatic carbocycles. The first-order valence-electron chi connectivity index (χ1n) is 11.4. The van der Waals surface area contributed by atoms with Gasteiger partial charge in [-0.05, 0) is 58.7 Å². The van der Waals surface area contributed by atoms with Crippen molar-refractivity contribution in [3.8, 4) is 11.4 Å². The number of nitrogens with zero attached hydrogens (tertiary/aromatic N) is 3. The van der Waals surface area contributed by atoms with Gasteiger partial charge in [0.15, 0.2) is 9.84 Å². The van der Waals surface area contributed by atoms with Crippen molar-refractivity contribution in [1.82, 2.24) is 15.0 Å². The molecule has 10 nitrogen and oxygen atoms in total. The number of ether oxygens (including phenoxy) is 3. The number of carbonyl (C=O) groups is 1. The van der Waals surface area contributed by atoms with Crippen LogP contribution in [0.4, 0.5) is 9.18 Å². The van der Waals surface area contributed by atoms with Crippen LogP contribution in [-0.4, -0.2) is 72.8 Å². The predicted molar refractivity (Wildman–Crippen MR) is 122 cm³/mol. The zero-order valence-corrected chi connectivity index (χ0v) is 21.2. The molecule has 0 N–H and O–H groups in total. The van der Waals surface area contributed by atoms with Crippen molar-refractivity contribution < 1.29 is 36.3 Å². The quantitative estimate of drug-likeness (QED) is 0.593. The van der Waals surface area contributed by atoms with Crippen LogP contribution in [0.1, 0.15) is 52.5 Å². The molecule has 0 saturated carbocycles. The number of sulfone groups is 1. The van der Waals surface area contributed by atoms with E-state index in [1.807, 2.05) is 20.8 Å². The fraction of sp³-hybridized carbons (Fsp3) is 0.609. The van der Waals surface area contributed by atoms with E-state index in [2.05, 4.69) is 10.1 Å². The Morgan fingerprint density at radius 1 is 1.23 bits per heavy atom. The molecule has 2 aliphatic heterocycles. The summed E-state index contributed by atoms with van der Waals surface area (Å²) in [5.74, 6) is -0.547. The summed E-state index contributed by atoms with van der Waals surface area (Å²) >= 11 is 0. The Labute approximate surface area is 203 Å². The summed E-state index contributed by atoms with van der Waals surface area (Å²) in [6, 6.07) is 3.33. The van der Waals surface area contributed by atoms with E-state index in [0.29, 0.717) is 26.1 Å². The Kier molecular flexibility index (Phi) is 6.91. The smallest absolute Gasteiger partial charge is 0.410 e. The highest BCUT2D eigenvalue weighted by Crippen LogP contribution is 2.33. The van der Waals surface area contributed by atoms with Gasteiger partial charge in [0.25, 0.3) is 5.89 Å². The largest absolute Gasteiger partial charge is 0.444 e. The summed E-state index contributed by atoms with van der Waals surface area (Å²) in [6.07, 6.45) is 1.02. The Bertz CT molecular complexity index is 1180. The zero-order valence-electron chi connectivity index (χ0n) is 20.4. The number of morpholine rings is 1. The van der Waals surface area contributed by atoms with Gasteiger partial charge in [0.2, 0.25) is 5.82 Å². The van der Waals surface area contributed by atoms with Gasteiger partial charge >= 0.3 is 6.09 Å². The molecule has 35 heavy (non-hydrogen) atoms. The molecule has 4 rings (SSSR count). The monoisotopic (exact) mass is 511 g/mol. The van der Waals surface area contributed by atoms with E-state index in [-0.39, 0.29) is 41.6 Å². The molecule has 2 fully saturated rings. The van der Waals surface area contributed by atoms with E-state index in [0.717, 1.165) is 12.3 Å². The van der Waals surface area contributed by atoms with E-state index >= 15 is 0 Å². The molecule has 2 bridgehead atoms. The van der Waals surface area contributed by atoms with Crippen LogP contribution in [0.5, 0.6) is 0 Å². The normalized spacial score (nSPS) is 23.7. The minimum Gasteiger partial charge on any atom is -0.444 e. The van der Waals surface area contributed by atoms with Gasteiger partial charge in [-0.25, -0.2) is 17.6 Å². The van der Waals surface area contributed by atoms with Crippen molar-refractivity contribution in [3.05, 3.63) is 29.9 Å². The van der Waals surface area contributed by atoms with Crippen molar-refractivity contribution in [2.45, 2.75) is 75.3 Å². The SMILES string of the molecule is CC(OC1CC2COCC(C1)N2C(=O)OC(C)(C)C)c1nc(-c2ccc(S(C)(=O)=O)c(F)c2)no1. The van der Waals surface area contributed by atoms with Gasteiger partial charge in [-0.3, -0.25) is 4.90 Å².